The summed E-state index contributed by atoms with van der Waals surface area (Å²) >= 11 is 1.49. The summed E-state index contributed by atoms with van der Waals surface area (Å²) in [7, 11) is 1.63. The van der Waals surface area contributed by atoms with Crippen molar-refractivity contribution in [2.45, 2.75) is 18.7 Å². The average Bonchev–Trinajstić information content (AvgIpc) is 2.59. The van der Waals surface area contributed by atoms with E-state index in [9.17, 15) is 4.79 Å². The van der Waals surface area contributed by atoms with Gasteiger partial charge in [0.1, 0.15) is 5.75 Å². The maximum Gasteiger partial charge on any atom is 0.250 e. The van der Waals surface area contributed by atoms with Crippen molar-refractivity contribution in [2.24, 2.45) is 5.10 Å². The second-order valence-corrected chi connectivity index (χ2v) is 6.11. The molecular weight excluding hydrogens is 308 g/mol. The highest BCUT2D eigenvalue weighted by molar-refractivity contribution is 8.00. The Morgan fingerprint density at radius 1 is 1.13 bits per heavy atom. The number of carbonyl (C=O) groups excluding carboxylic acids is 1. The van der Waals surface area contributed by atoms with Crippen molar-refractivity contribution >= 4 is 23.4 Å². The summed E-state index contributed by atoms with van der Waals surface area (Å²) in [6, 6.07) is 15.6. The van der Waals surface area contributed by atoms with Crippen molar-refractivity contribution in [2.75, 3.05) is 12.9 Å². The fourth-order valence-corrected chi connectivity index (χ4v) is 2.55. The Hall–Kier alpha value is -2.27. The van der Waals surface area contributed by atoms with Crippen molar-refractivity contribution in [3.63, 3.8) is 0 Å². The van der Waals surface area contributed by atoms with E-state index in [1.54, 1.807) is 7.11 Å². The Labute approximate surface area is 140 Å². The molecule has 23 heavy (non-hydrogen) atoms. The maximum atomic E-state index is 11.9. The lowest BCUT2D eigenvalue weighted by Gasteiger charge is -2.05. The van der Waals surface area contributed by atoms with E-state index in [2.05, 4.69) is 10.5 Å². The minimum atomic E-state index is -0.122. The molecule has 0 unspecified atom stereocenters. The molecule has 0 heterocycles. The van der Waals surface area contributed by atoms with E-state index >= 15 is 0 Å². The molecule has 1 N–H and O–H groups in total. The quantitative estimate of drug-likeness (QED) is 0.500. The van der Waals surface area contributed by atoms with Gasteiger partial charge < -0.3 is 4.74 Å². The van der Waals surface area contributed by atoms with Gasteiger partial charge in [0, 0.05) is 4.90 Å². The largest absolute Gasteiger partial charge is 0.497 e. The number of nitrogens with zero attached hydrogens (tertiary/aromatic N) is 1. The van der Waals surface area contributed by atoms with Gasteiger partial charge in [-0.15, -0.1) is 11.8 Å². The van der Waals surface area contributed by atoms with E-state index < -0.39 is 0 Å². The van der Waals surface area contributed by atoms with Crippen molar-refractivity contribution in [1.82, 2.24) is 5.43 Å². The zero-order chi connectivity index (χ0) is 16.7. The zero-order valence-electron chi connectivity index (χ0n) is 13.5. The number of rotatable bonds is 6. The van der Waals surface area contributed by atoms with Gasteiger partial charge in [0.25, 0.3) is 0 Å². The third-order valence-corrected chi connectivity index (χ3v) is 4.26. The van der Waals surface area contributed by atoms with E-state index in [0.29, 0.717) is 5.75 Å². The number of carbonyl (C=O) groups is 1. The van der Waals surface area contributed by atoms with Crippen LogP contribution in [0.15, 0.2) is 58.5 Å². The van der Waals surface area contributed by atoms with Crippen LogP contribution in [0.4, 0.5) is 0 Å². The van der Waals surface area contributed by atoms with Crippen LogP contribution >= 0.6 is 11.8 Å². The third-order valence-electron chi connectivity index (χ3n) is 3.25. The molecule has 0 saturated carbocycles. The number of ether oxygens (including phenoxy) is 1. The topological polar surface area (TPSA) is 50.7 Å². The number of hydrogen-bond acceptors (Lipinski definition) is 4. The van der Waals surface area contributed by atoms with Crippen molar-refractivity contribution in [1.29, 1.82) is 0 Å². The molecule has 0 aliphatic carbocycles. The molecule has 4 nitrogen and oxygen atoms in total. The van der Waals surface area contributed by atoms with Crippen LogP contribution in [0.25, 0.3) is 0 Å². The van der Waals surface area contributed by atoms with Gasteiger partial charge in [-0.3, -0.25) is 4.79 Å². The molecule has 0 atom stereocenters. The summed E-state index contributed by atoms with van der Waals surface area (Å²) < 4.78 is 5.12. The lowest BCUT2D eigenvalue weighted by molar-refractivity contribution is -0.118. The van der Waals surface area contributed by atoms with E-state index in [1.807, 2.05) is 62.4 Å². The molecule has 2 rings (SSSR count). The number of thioether (sulfide) groups is 1. The SMILES string of the molecule is COc1ccc(/C(C)=N\NC(=O)CSc2ccc(C)cc2)cc1. The van der Waals surface area contributed by atoms with Crippen LogP contribution in [0.1, 0.15) is 18.1 Å². The number of methoxy groups -OCH3 is 1. The molecule has 0 radical (unpaired) electrons. The molecule has 120 valence electrons. The highest BCUT2D eigenvalue weighted by Gasteiger charge is 2.03. The van der Waals surface area contributed by atoms with E-state index in [-0.39, 0.29) is 5.91 Å². The molecule has 2 aromatic carbocycles. The Morgan fingerprint density at radius 2 is 1.78 bits per heavy atom. The summed E-state index contributed by atoms with van der Waals surface area (Å²) in [6.45, 7) is 3.90. The fraction of sp³-hybridized carbons (Fsp3) is 0.222. The summed E-state index contributed by atoms with van der Waals surface area (Å²) in [6.07, 6.45) is 0. The van der Waals surface area contributed by atoms with Gasteiger partial charge in [0.15, 0.2) is 0 Å². The van der Waals surface area contributed by atoms with Gasteiger partial charge in [-0.1, -0.05) is 17.7 Å². The highest BCUT2D eigenvalue weighted by atomic mass is 32.2. The lowest BCUT2D eigenvalue weighted by atomic mass is 10.1. The first-order chi connectivity index (χ1) is 11.1. The predicted molar refractivity (Wildman–Crippen MR) is 95.3 cm³/mol. The molecule has 0 aliphatic rings. The van der Waals surface area contributed by atoms with Crippen molar-refractivity contribution < 1.29 is 9.53 Å². The Bertz CT molecular complexity index is 679. The second-order valence-electron chi connectivity index (χ2n) is 5.06. The lowest BCUT2D eigenvalue weighted by Crippen LogP contribution is -2.21. The van der Waals surface area contributed by atoms with Gasteiger partial charge in [-0.2, -0.15) is 5.10 Å². The molecule has 0 fully saturated rings. The number of nitrogens with one attached hydrogen (secondary N) is 1. The fourth-order valence-electron chi connectivity index (χ4n) is 1.86. The van der Waals surface area contributed by atoms with Crippen LogP contribution in [0.5, 0.6) is 5.75 Å². The van der Waals surface area contributed by atoms with Crippen LogP contribution in [0.2, 0.25) is 0 Å². The summed E-state index contributed by atoms with van der Waals surface area (Å²) in [4.78, 5) is 12.9. The van der Waals surface area contributed by atoms with Crippen LogP contribution in [-0.4, -0.2) is 24.5 Å². The van der Waals surface area contributed by atoms with Crippen LogP contribution in [0.3, 0.4) is 0 Å². The standard InChI is InChI=1S/C18H20N2O2S/c1-13-4-10-17(11-5-13)23-12-18(21)20-19-14(2)15-6-8-16(22-3)9-7-15/h4-11H,12H2,1-3H3,(H,20,21)/b19-14-. The van der Waals surface area contributed by atoms with Crippen molar-refractivity contribution in [3.8, 4) is 5.75 Å². The van der Waals surface area contributed by atoms with E-state index in [4.69, 9.17) is 4.74 Å². The molecule has 0 aromatic heterocycles. The number of aryl methyl sites for hydroxylation is 1. The number of hydrazone groups is 1. The first-order valence-electron chi connectivity index (χ1n) is 7.25. The third kappa shape index (κ3) is 5.45. The predicted octanol–water partition coefficient (Wildman–Crippen LogP) is 3.64. The molecule has 2 aromatic rings. The smallest absolute Gasteiger partial charge is 0.250 e. The van der Waals surface area contributed by atoms with Crippen LogP contribution in [-0.2, 0) is 4.79 Å². The molecule has 0 bridgehead atoms. The Balaban J connectivity index is 1.85. The first kappa shape index (κ1) is 17.1. The Kier molecular flexibility index (Phi) is 6.23. The maximum absolute atomic E-state index is 11.9. The summed E-state index contributed by atoms with van der Waals surface area (Å²) in [5, 5.41) is 4.14. The zero-order valence-corrected chi connectivity index (χ0v) is 14.3. The van der Waals surface area contributed by atoms with Crippen LogP contribution < -0.4 is 10.2 Å². The molecule has 5 heteroatoms. The second kappa shape index (κ2) is 8.39. The van der Waals surface area contributed by atoms with Gasteiger partial charge in [-0.05, 0) is 55.8 Å². The average molecular weight is 328 g/mol. The molecule has 0 spiro atoms. The number of amides is 1. The monoisotopic (exact) mass is 328 g/mol. The minimum Gasteiger partial charge on any atom is -0.497 e. The minimum absolute atomic E-state index is 0.122. The van der Waals surface area contributed by atoms with Crippen molar-refractivity contribution in [3.05, 3.63) is 59.7 Å². The molecular formula is C18H20N2O2S. The number of hydrogen-bond donors (Lipinski definition) is 1. The molecule has 0 aliphatic heterocycles. The normalized spacial score (nSPS) is 11.2. The van der Waals surface area contributed by atoms with Gasteiger partial charge >= 0.3 is 0 Å². The Morgan fingerprint density at radius 3 is 2.39 bits per heavy atom. The van der Waals surface area contributed by atoms with E-state index in [1.165, 1.54) is 17.3 Å². The first-order valence-corrected chi connectivity index (χ1v) is 8.24. The molecule has 0 saturated heterocycles. The summed E-state index contributed by atoms with van der Waals surface area (Å²) in [5.41, 5.74) is 5.49. The van der Waals surface area contributed by atoms with Gasteiger partial charge in [0.2, 0.25) is 5.91 Å². The summed E-state index contributed by atoms with van der Waals surface area (Å²) in [5.74, 6) is 1.01. The highest BCUT2D eigenvalue weighted by Crippen LogP contribution is 2.17. The van der Waals surface area contributed by atoms with Gasteiger partial charge in [0.05, 0.1) is 18.6 Å². The van der Waals surface area contributed by atoms with Gasteiger partial charge in [-0.25, -0.2) is 5.43 Å². The molecule has 1 amide bonds. The number of benzene rings is 2. The van der Waals surface area contributed by atoms with E-state index in [0.717, 1.165) is 21.9 Å². The van der Waals surface area contributed by atoms with Crippen LogP contribution in [0, 0.1) is 6.92 Å².